The number of fused-ring (bicyclic) bond motifs is 1. The van der Waals surface area contributed by atoms with E-state index in [1.54, 1.807) is 42.3 Å². The minimum Gasteiger partial charge on any atom is -0.491 e. The van der Waals surface area contributed by atoms with E-state index in [9.17, 15) is 9.59 Å². The SMILES string of the molecule is CN(CCOc1ccccc1Cl)CC(=O)NC(=O)Nc1ccc2c(c1)OCCO2. The second-order valence-electron chi connectivity index (χ2n) is 6.38. The summed E-state index contributed by atoms with van der Waals surface area (Å²) in [6.07, 6.45) is 0. The molecule has 0 unspecified atom stereocenters. The molecule has 0 fully saturated rings. The smallest absolute Gasteiger partial charge is 0.325 e. The second kappa shape index (κ2) is 9.99. The Bertz CT molecular complexity index is 877. The lowest BCUT2D eigenvalue weighted by atomic mass is 10.2. The number of anilines is 1. The first kappa shape index (κ1) is 20.8. The molecule has 0 atom stereocenters. The van der Waals surface area contributed by atoms with Crippen LogP contribution in [0.1, 0.15) is 0 Å². The summed E-state index contributed by atoms with van der Waals surface area (Å²) in [7, 11) is 1.76. The fourth-order valence-corrected chi connectivity index (χ4v) is 2.84. The van der Waals surface area contributed by atoms with E-state index in [0.29, 0.717) is 54.3 Å². The topological polar surface area (TPSA) is 89.1 Å². The maximum Gasteiger partial charge on any atom is 0.325 e. The van der Waals surface area contributed by atoms with Gasteiger partial charge in [0.15, 0.2) is 11.5 Å². The number of likely N-dealkylation sites (N-methyl/N-ethyl adjacent to an activating group) is 1. The Kier molecular flexibility index (Phi) is 7.15. The number of halogens is 1. The number of para-hydroxylation sites is 1. The van der Waals surface area contributed by atoms with Crippen molar-refractivity contribution >= 4 is 29.2 Å². The van der Waals surface area contributed by atoms with E-state index in [-0.39, 0.29) is 6.54 Å². The van der Waals surface area contributed by atoms with E-state index >= 15 is 0 Å². The van der Waals surface area contributed by atoms with Crippen molar-refractivity contribution < 1.29 is 23.8 Å². The number of hydrogen-bond acceptors (Lipinski definition) is 6. The molecule has 154 valence electrons. The summed E-state index contributed by atoms with van der Waals surface area (Å²) < 4.78 is 16.5. The fraction of sp³-hybridized carbons (Fsp3) is 0.300. The lowest BCUT2D eigenvalue weighted by Gasteiger charge is -2.19. The molecular weight excluding hydrogens is 398 g/mol. The number of hydrogen-bond donors (Lipinski definition) is 2. The van der Waals surface area contributed by atoms with Gasteiger partial charge in [-0.05, 0) is 31.3 Å². The first-order valence-corrected chi connectivity index (χ1v) is 9.45. The first-order chi connectivity index (χ1) is 14.0. The molecular formula is C20H22ClN3O5. The minimum atomic E-state index is -0.618. The molecule has 1 aliphatic rings. The number of amides is 3. The van der Waals surface area contributed by atoms with Crippen LogP contribution in [0.15, 0.2) is 42.5 Å². The van der Waals surface area contributed by atoms with Crippen LogP contribution in [0, 0.1) is 0 Å². The summed E-state index contributed by atoms with van der Waals surface area (Å²) >= 11 is 6.02. The van der Waals surface area contributed by atoms with Gasteiger partial charge in [-0.2, -0.15) is 0 Å². The van der Waals surface area contributed by atoms with Crippen molar-refractivity contribution in [3.8, 4) is 17.2 Å². The number of nitrogens with zero attached hydrogens (tertiary/aromatic N) is 1. The maximum absolute atomic E-state index is 12.1. The molecule has 0 bridgehead atoms. The van der Waals surface area contributed by atoms with Gasteiger partial charge in [-0.25, -0.2) is 4.79 Å². The van der Waals surface area contributed by atoms with E-state index in [1.165, 1.54) is 0 Å². The molecule has 3 amide bonds. The molecule has 1 heterocycles. The Morgan fingerprint density at radius 2 is 1.90 bits per heavy atom. The van der Waals surface area contributed by atoms with Crippen LogP contribution in [0.3, 0.4) is 0 Å². The van der Waals surface area contributed by atoms with Crippen molar-refractivity contribution in [3.05, 3.63) is 47.5 Å². The normalized spacial score (nSPS) is 12.4. The fourth-order valence-electron chi connectivity index (χ4n) is 2.65. The Morgan fingerprint density at radius 1 is 1.14 bits per heavy atom. The predicted octanol–water partition coefficient (Wildman–Crippen LogP) is 2.77. The van der Waals surface area contributed by atoms with Crippen molar-refractivity contribution in [1.29, 1.82) is 0 Å². The summed E-state index contributed by atoms with van der Waals surface area (Å²) in [5, 5.41) is 5.43. The van der Waals surface area contributed by atoms with Crippen molar-refractivity contribution in [2.24, 2.45) is 0 Å². The van der Waals surface area contributed by atoms with Crippen molar-refractivity contribution in [3.63, 3.8) is 0 Å². The van der Waals surface area contributed by atoms with Gasteiger partial charge in [0, 0.05) is 18.3 Å². The molecule has 2 N–H and O–H groups in total. The third-order valence-corrected chi connectivity index (χ3v) is 4.35. The zero-order valence-corrected chi connectivity index (χ0v) is 16.7. The lowest BCUT2D eigenvalue weighted by molar-refractivity contribution is -0.120. The number of carbonyl (C=O) groups excluding carboxylic acids is 2. The molecule has 3 rings (SSSR count). The Balaban J connectivity index is 1.39. The van der Waals surface area contributed by atoms with E-state index in [0.717, 1.165) is 0 Å². The summed E-state index contributed by atoms with van der Waals surface area (Å²) in [5.41, 5.74) is 0.501. The Morgan fingerprint density at radius 3 is 2.69 bits per heavy atom. The third-order valence-electron chi connectivity index (χ3n) is 4.03. The highest BCUT2D eigenvalue weighted by Gasteiger charge is 2.14. The number of benzene rings is 2. The monoisotopic (exact) mass is 419 g/mol. The number of imide groups is 1. The molecule has 1 aliphatic heterocycles. The lowest BCUT2D eigenvalue weighted by Crippen LogP contribution is -2.41. The number of nitrogens with one attached hydrogen (secondary N) is 2. The molecule has 8 nitrogen and oxygen atoms in total. The van der Waals surface area contributed by atoms with Gasteiger partial charge in [0.1, 0.15) is 25.6 Å². The highest BCUT2D eigenvalue weighted by Crippen LogP contribution is 2.32. The molecule has 9 heteroatoms. The molecule has 0 saturated heterocycles. The predicted molar refractivity (Wildman–Crippen MR) is 109 cm³/mol. The van der Waals surface area contributed by atoms with Gasteiger partial charge in [-0.15, -0.1) is 0 Å². The first-order valence-electron chi connectivity index (χ1n) is 9.07. The summed E-state index contributed by atoms with van der Waals surface area (Å²) in [5.74, 6) is 1.34. The van der Waals surface area contributed by atoms with Crippen LogP contribution >= 0.6 is 11.6 Å². The molecule has 0 saturated carbocycles. The van der Waals surface area contributed by atoms with Crippen LogP contribution in [0.5, 0.6) is 17.2 Å². The standard InChI is InChI=1S/C20H22ClN3O5/c1-24(8-9-27-16-5-3-2-4-15(16)21)13-19(25)23-20(26)22-14-6-7-17-18(12-14)29-11-10-28-17/h2-7,12H,8-11,13H2,1H3,(H2,22,23,25,26). The molecule has 2 aromatic rings. The van der Waals surface area contributed by atoms with E-state index < -0.39 is 11.9 Å². The average Bonchev–Trinajstić information content (AvgIpc) is 2.69. The van der Waals surface area contributed by atoms with E-state index in [2.05, 4.69) is 10.6 Å². The summed E-state index contributed by atoms with van der Waals surface area (Å²) in [6, 6.07) is 11.6. The van der Waals surface area contributed by atoms with Gasteiger partial charge in [0.2, 0.25) is 5.91 Å². The van der Waals surface area contributed by atoms with Gasteiger partial charge >= 0.3 is 6.03 Å². The number of rotatable bonds is 7. The number of carbonyl (C=O) groups is 2. The maximum atomic E-state index is 12.1. The third kappa shape index (κ3) is 6.27. The zero-order valence-electron chi connectivity index (χ0n) is 15.9. The average molecular weight is 420 g/mol. The molecule has 2 aromatic carbocycles. The van der Waals surface area contributed by atoms with Gasteiger partial charge < -0.3 is 19.5 Å². The number of urea groups is 1. The molecule has 0 aliphatic carbocycles. The van der Waals surface area contributed by atoms with Crippen LogP contribution in [0.4, 0.5) is 10.5 Å². The van der Waals surface area contributed by atoms with Crippen molar-refractivity contribution in [1.82, 2.24) is 10.2 Å². The van der Waals surface area contributed by atoms with Crippen LogP contribution in [0.25, 0.3) is 0 Å². The minimum absolute atomic E-state index is 0.0421. The van der Waals surface area contributed by atoms with Crippen LogP contribution in [-0.2, 0) is 4.79 Å². The largest absolute Gasteiger partial charge is 0.491 e. The van der Waals surface area contributed by atoms with Crippen molar-refractivity contribution in [2.45, 2.75) is 0 Å². The van der Waals surface area contributed by atoms with Crippen LogP contribution in [0.2, 0.25) is 5.02 Å². The van der Waals surface area contributed by atoms with E-state index in [1.807, 2.05) is 12.1 Å². The highest BCUT2D eigenvalue weighted by atomic mass is 35.5. The Labute approximate surface area is 173 Å². The highest BCUT2D eigenvalue weighted by molar-refractivity contribution is 6.32. The number of ether oxygens (including phenoxy) is 3. The van der Waals surface area contributed by atoms with Gasteiger partial charge in [0.25, 0.3) is 0 Å². The summed E-state index contributed by atoms with van der Waals surface area (Å²) in [4.78, 5) is 25.8. The molecule has 29 heavy (non-hydrogen) atoms. The van der Waals surface area contributed by atoms with Gasteiger partial charge in [0.05, 0.1) is 11.6 Å². The van der Waals surface area contributed by atoms with Crippen LogP contribution < -0.4 is 24.8 Å². The van der Waals surface area contributed by atoms with Gasteiger partial charge in [-0.1, -0.05) is 23.7 Å². The van der Waals surface area contributed by atoms with Gasteiger partial charge in [-0.3, -0.25) is 15.0 Å². The molecule has 0 aromatic heterocycles. The van der Waals surface area contributed by atoms with E-state index in [4.69, 9.17) is 25.8 Å². The zero-order chi connectivity index (χ0) is 20.6. The van der Waals surface area contributed by atoms with Crippen molar-refractivity contribution in [2.75, 3.05) is 45.3 Å². The molecule has 0 radical (unpaired) electrons. The second-order valence-corrected chi connectivity index (χ2v) is 6.78. The summed E-state index contributed by atoms with van der Waals surface area (Å²) in [6.45, 7) is 1.83. The van der Waals surface area contributed by atoms with Crippen LogP contribution in [-0.4, -0.2) is 56.8 Å². The molecule has 0 spiro atoms. The Hall–Kier alpha value is -2.97. The quantitative estimate of drug-likeness (QED) is 0.717.